The van der Waals surface area contributed by atoms with Crippen molar-refractivity contribution in [3.8, 4) is 0 Å². The lowest BCUT2D eigenvalue weighted by molar-refractivity contribution is -0.137. The number of phosphoric acid groups is 3. The van der Waals surface area contributed by atoms with Crippen molar-refractivity contribution in [1.82, 2.24) is 9.55 Å². The molecule has 1 aromatic rings. The molecule has 0 amide bonds. The first-order valence-electron chi connectivity index (χ1n) is 7.13. The Labute approximate surface area is 165 Å². The topological polar surface area (TPSA) is 247 Å². The quantitative estimate of drug-likeness (QED) is 0.179. The molecule has 16 nitrogen and oxygen atoms in total. The Kier molecular flexibility index (Phi) is 6.93. The van der Waals surface area contributed by atoms with E-state index in [0.717, 1.165) is 17.7 Å². The summed E-state index contributed by atoms with van der Waals surface area (Å²) in [7, 11) is -17.1. The van der Waals surface area contributed by atoms with E-state index in [9.17, 15) is 33.6 Å². The zero-order valence-electron chi connectivity index (χ0n) is 14.0. The van der Waals surface area contributed by atoms with Crippen molar-refractivity contribution in [2.75, 3.05) is 0 Å². The fourth-order valence-corrected chi connectivity index (χ4v) is 5.47. The highest BCUT2D eigenvalue weighted by Crippen LogP contribution is 2.67. The summed E-state index contributed by atoms with van der Waals surface area (Å²) in [5, 5.41) is 20.5. The number of phosphoric ester groups is 1. The highest BCUT2D eigenvalue weighted by molar-refractivity contribution is 7.71. The average molecular weight is 500 g/mol. The van der Waals surface area contributed by atoms with Crippen LogP contribution in [0.25, 0.3) is 0 Å². The molecule has 1 aliphatic rings. The molecule has 6 atom stereocenters. The second-order valence-electron chi connectivity index (χ2n) is 5.74. The number of aliphatic hydroxyl groups is 2. The summed E-state index contributed by atoms with van der Waals surface area (Å²) in [6.45, 7) is 0.983. The van der Waals surface area contributed by atoms with Crippen LogP contribution in [0.15, 0.2) is 17.1 Å². The van der Waals surface area contributed by atoms with E-state index >= 15 is 0 Å². The van der Waals surface area contributed by atoms with E-state index in [0.29, 0.717) is 0 Å². The summed E-state index contributed by atoms with van der Waals surface area (Å²) in [6, 6.07) is 1.23. The molecule has 1 aliphatic heterocycles. The van der Waals surface area contributed by atoms with Gasteiger partial charge in [-0.2, -0.15) is 8.62 Å². The monoisotopic (exact) mass is 500 g/mol. The van der Waals surface area contributed by atoms with Crippen LogP contribution < -0.4 is 5.69 Å². The molecule has 20 heteroatoms. The maximum Gasteiger partial charge on any atom is 0.490 e. The van der Waals surface area contributed by atoms with E-state index < -0.39 is 53.4 Å². The molecule has 2 heterocycles. The first-order chi connectivity index (χ1) is 12.9. The SMILES string of the molecule is CC1(O)[C@@H](O)[C@@H](OP(=O)(O)OP(=O)(O)OP(=O)(O)O)O[C@H]1n1ccc(=S)[nH]c1=O. The van der Waals surface area contributed by atoms with Crippen LogP contribution in [0.5, 0.6) is 0 Å². The number of hydrogen-bond donors (Lipinski definition) is 7. The lowest BCUT2D eigenvalue weighted by Gasteiger charge is -2.27. The van der Waals surface area contributed by atoms with Gasteiger partial charge >= 0.3 is 29.2 Å². The zero-order chi connectivity index (χ0) is 22.4. The molecule has 2 rings (SSSR count). The van der Waals surface area contributed by atoms with Crippen molar-refractivity contribution >= 4 is 35.7 Å². The normalized spacial score (nSPS) is 31.9. The van der Waals surface area contributed by atoms with Gasteiger partial charge < -0.3 is 34.5 Å². The Morgan fingerprint density at radius 3 is 2.31 bits per heavy atom. The maximum atomic E-state index is 12.0. The van der Waals surface area contributed by atoms with E-state index in [1.165, 1.54) is 6.07 Å². The molecule has 0 aliphatic carbocycles. The second-order valence-corrected chi connectivity index (χ2v) is 10.6. The third-order valence-electron chi connectivity index (χ3n) is 3.38. The molecule has 3 unspecified atom stereocenters. The zero-order valence-corrected chi connectivity index (χ0v) is 17.5. The molecule has 1 fully saturated rings. The minimum atomic E-state index is -5.80. The molecular formula is C9H15N2O14P3S. The summed E-state index contributed by atoms with van der Waals surface area (Å²) in [5.41, 5.74) is -3.18. The molecule has 0 bridgehead atoms. The highest BCUT2D eigenvalue weighted by atomic mass is 32.1. The van der Waals surface area contributed by atoms with E-state index in [-0.39, 0.29) is 4.64 Å². The van der Waals surface area contributed by atoms with Gasteiger partial charge in [-0.1, -0.05) is 12.2 Å². The number of hydrogen-bond acceptors (Lipinski definition) is 11. The van der Waals surface area contributed by atoms with E-state index in [1.54, 1.807) is 0 Å². The summed E-state index contributed by atoms with van der Waals surface area (Å²) in [4.78, 5) is 49.8. The third-order valence-corrected chi connectivity index (χ3v) is 7.42. The number of H-pyrrole nitrogens is 1. The van der Waals surface area contributed by atoms with Gasteiger partial charge in [-0.3, -0.25) is 14.1 Å². The molecule has 7 N–H and O–H groups in total. The van der Waals surface area contributed by atoms with Crippen LogP contribution in [0.3, 0.4) is 0 Å². The Morgan fingerprint density at radius 1 is 1.21 bits per heavy atom. The van der Waals surface area contributed by atoms with Crippen LogP contribution in [-0.4, -0.2) is 57.3 Å². The molecule has 1 aromatic heterocycles. The molecular weight excluding hydrogens is 485 g/mol. The number of ether oxygens (including phenoxy) is 1. The van der Waals surface area contributed by atoms with Crippen LogP contribution in [-0.2, 0) is 31.6 Å². The standard InChI is InChI=1S/C9H15N2O14P3S/c1-9(14)5(12)6(22-7(9)11-3-2-4(29)10-8(11)13)23-27(18,19)25-28(20,21)24-26(15,16)17/h2-3,5-7,12,14H,1H3,(H,18,19)(H,20,21)(H,10,13,29)(H2,15,16,17)/t5-,6+,7+,9?/m0/s1. The average Bonchev–Trinajstić information content (AvgIpc) is 2.67. The summed E-state index contributed by atoms with van der Waals surface area (Å²) in [6.07, 6.45) is -4.90. The highest BCUT2D eigenvalue weighted by Gasteiger charge is 2.56. The largest absolute Gasteiger partial charge is 0.490 e. The number of rotatable bonds is 7. The fourth-order valence-electron chi connectivity index (χ4n) is 2.23. The van der Waals surface area contributed by atoms with Gasteiger partial charge in [0.2, 0.25) is 6.29 Å². The van der Waals surface area contributed by atoms with Crippen molar-refractivity contribution < 1.29 is 61.4 Å². The molecule has 0 spiro atoms. The predicted molar refractivity (Wildman–Crippen MR) is 91.4 cm³/mol. The van der Waals surface area contributed by atoms with Gasteiger partial charge in [0.15, 0.2) is 6.23 Å². The molecule has 1 saturated heterocycles. The van der Waals surface area contributed by atoms with Gasteiger partial charge in [-0.25, -0.2) is 18.5 Å². The van der Waals surface area contributed by atoms with E-state index in [1.807, 2.05) is 0 Å². The number of nitrogens with zero attached hydrogens (tertiary/aromatic N) is 1. The van der Waals surface area contributed by atoms with Crippen LogP contribution in [0.4, 0.5) is 0 Å². The Balaban J connectivity index is 2.24. The third kappa shape index (κ3) is 6.19. The predicted octanol–water partition coefficient (Wildman–Crippen LogP) is -0.784. The molecule has 29 heavy (non-hydrogen) atoms. The summed E-state index contributed by atoms with van der Waals surface area (Å²) in [5.74, 6) is 0. The number of aromatic amines is 1. The smallest absolute Gasteiger partial charge is 0.385 e. The van der Waals surface area contributed by atoms with Crippen molar-refractivity contribution in [2.45, 2.75) is 31.1 Å². The number of nitrogens with one attached hydrogen (secondary N) is 1. The van der Waals surface area contributed by atoms with Crippen LogP contribution in [0.2, 0.25) is 0 Å². The van der Waals surface area contributed by atoms with Gasteiger partial charge in [-0.05, 0) is 13.0 Å². The fraction of sp³-hybridized carbons (Fsp3) is 0.556. The summed E-state index contributed by atoms with van der Waals surface area (Å²) < 4.78 is 51.0. The molecule has 0 radical (unpaired) electrons. The Morgan fingerprint density at radius 2 is 1.79 bits per heavy atom. The van der Waals surface area contributed by atoms with Crippen LogP contribution >= 0.6 is 35.7 Å². The van der Waals surface area contributed by atoms with E-state index in [4.69, 9.17) is 31.6 Å². The van der Waals surface area contributed by atoms with Crippen molar-refractivity contribution in [1.29, 1.82) is 0 Å². The minimum absolute atomic E-state index is 0.0363. The van der Waals surface area contributed by atoms with Crippen molar-refractivity contribution in [3.05, 3.63) is 27.4 Å². The van der Waals surface area contributed by atoms with Crippen LogP contribution in [0, 0.1) is 4.64 Å². The first kappa shape index (κ1) is 24.7. The van der Waals surface area contributed by atoms with Gasteiger partial charge in [-0.15, -0.1) is 0 Å². The molecule has 0 aromatic carbocycles. The first-order valence-corrected chi connectivity index (χ1v) is 12.1. The van der Waals surface area contributed by atoms with Gasteiger partial charge in [0.05, 0.1) is 0 Å². The lowest BCUT2D eigenvalue weighted by Crippen LogP contribution is -2.46. The number of aromatic nitrogens is 2. The van der Waals surface area contributed by atoms with Crippen LogP contribution in [0.1, 0.15) is 13.2 Å². The van der Waals surface area contributed by atoms with Gasteiger partial charge in [0, 0.05) is 6.20 Å². The van der Waals surface area contributed by atoms with Crippen molar-refractivity contribution in [3.63, 3.8) is 0 Å². The van der Waals surface area contributed by atoms with E-state index in [2.05, 4.69) is 18.1 Å². The minimum Gasteiger partial charge on any atom is -0.385 e. The summed E-state index contributed by atoms with van der Waals surface area (Å²) >= 11 is 4.75. The Hall–Kier alpha value is -0.610. The molecule has 0 saturated carbocycles. The van der Waals surface area contributed by atoms with Gasteiger partial charge in [0.25, 0.3) is 0 Å². The van der Waals surface area contributed by atoms with Gasteiger partial charge in [0.1, 0.15) is 16.3 Å². The Bertz CT molecular complexity index is 1030. The second kappa shape index (κ2) is 8.15. The maximum absolute atomic E-state index is 12.0. The lowest BCUT2D eigenvalue weighted by atomic mass is 9.99. The molecule has 166 valence electrons. The number of aliphatic hydroxyl groups excluding tert-OH is 1. The van der Waals surface area contributed by atoms with Crippen molar-refractivity contribution in [2.24, 2.45) is 0 Å².